The molecule has 0 aromatic rings. The molecule has 0 spiro atoms. The van der Waals surface area contributed by atoms with Crippen LogP contribution in [0.15, 0.2) is 47.6 Å². The van der Waals surface area contributed by atoms with E-state index in [0.29, 0.717) is 35.5 Å². The average molecular weight is 525 g/mol. The Morgan fingerprint density at radius 3 is 2.45 bits per heavy atom. The first-order valence-corrected chi connectivity index (χ1v) is 14.8. The van der Waals surface area contributed by atoms with E-state index in [1.54, 1.807) is 12.5 Å². The van der Waals surface area contributed by atoms with E-state index in [9.17, 15) is 9.59 Å². The van der Waals surface area contributed by atoms with Gasteiger partial charge in [-0.15, -0.1) is 0 Å². The standard InChI is InChI=1S/C33H48O5/c1-22(2)23(3)11-13-25(5)33-17-7-9-26(29(33)10-8-18-33)14-15-27-19-28(16-12-24(27)4)38-30(34)32(6)20-36-31(35)37-21-32/h11,13-15,22-23,25,28-29H,4,7-10,12,16-21H2,1-3,5-6H3/b13-11+,26-14+,27-15-/t23-,25?,28-,29-,33?/m0/s1. The quantitative estimate of drug-likeness (QED) is 0.249. The lowest BCUT2D eigenvalue weighted by atomic mass is 9.60. The van der Waals surface area contributed by atoms with Gasteiger partial charge in [0.05, 0.1) is 0 Å². The molecule has 4 rings (SSSR count). The molecule has 1 saturated heterocycles. The number of allylic oxidation sites excluding steroid dienone is 6. The minimum Gasteiger partial charge on any atom is -0.461 e. The van der Waals surface area contributed by atoms with Gasteiger partial charge in [-0.05, 0) is 86.5 Å². The number of rotatable bonds is 7. The molecule has 0 bridgehead atoms. The second-order valence-electron chi connectivity index (χ2n) is 13.0. The SMILES string of the molecule is C=C1CC[C@H](OC(=O)C2(C)COC(=O)OC2)C/C1=C/C=C1\CCCC2(C(C)/C=C/[C@H](C)C(C)C)CCC[C@@H]12. The van der Waals surface area contributed by atoms with Gasteiger partial charge in [0.1, 0.15) is 24.7 Å². The summed E-state index contributed by atoms with van der Waals surface area (Å²) in [6.07, 6.45) is 18.7. The van der Waals surface area contributed by atoms with E-state index in [1.165, 1.54) is 44.1 Å². The van der Waals surface area contributed by atoms with E-state index >= 15 is 0 Å². The summed E-state index contributed by atoms with van der Waals surface area (Å²) >= 11 is 0. The van der Waals surface area contributed by atoms with Gasteiger partial charge in [-0.25, -0.2) is 4.79 Å². The molecule has 0 radical (unpaired) electrons. The second-order valence-corrected chi connectivity index (χ2v) is 13.0. The van der Waals surface area contributed by atoms with E-state index in [1.807, 2.05) is 0 Å². The molecule has 38 heavy (non-hydrogen) atoms. The Kier molecular flexibility index (Phi) is 8.94. The smallest absolute Gasteiger partial charge is 0.461 e. The number of esters is 1. The van der Waals surface area contributed by atoms with Gasteiger partial charge in [0.25, 0.3) is 0 Å². The highest BCUT2D eigenvalue weighted by Crippen LogP contribution is 2.58. The van der Waals surface area contributed by atoms with E-state index in [-0.39, 0.29) is 25.3 Å². The largest absolute Gasteiger partial charge is 0.508 e. The topological polar surface area (TPSA) is 61.8 Å². The Bertz CT molecular complexity index is 991. The van der Waals surface area contributed by atoms with Crippen LogP contribution in [-0.4, -0.2) is 31.4 Å². The van der Waals surface area contributed by atoms with Crippen LogP contribution in [-0.2, 0) is 19.0 Å². The zero-order valence-corrected chi connectivity index (χ0v) is 24.2. The maximum atomic E-state index is 12.9. The number of cyclic esters (lactones) is 2. The average Bonchev–Trinajstić information content (AvgIpc) is 3.35. The maximum absolute atomic E-state index is 12.9. The highest BCUT2D eigenvalue weighted by Gasteiger charge is 2.48. The zero-order chi connectivity index (χ0) is 27.5. The summed E-state index contributed by atoms with van der Waals surface area (Å²) in [5.74, 6) is 2.16. The first-order chi connectivity index (χ1) is 18.0. The first-order valence-electron chi connectivity index (χ1n) is 14.8. The predicted molar refractivity (Wildman–Crippen MR) is 150 cm³/mol. The summed E-state index contributed by atoms with van der Waals surface area (Å²) in [5, 5.41) is 0. The fourth-order valence-electron chi connectivity index (χ4n) is 6.89. The zero-order valence-electron chi connectivity index (χ0n) is 24.2. The molecule has 1 aliphatic heterocycles. The van der Waals surface area contributed by atoms with Crippen molar-refractivity contribution in [2.24, 2.45) is 34.5 Å². The van der Waals surface area contributed by atoms with Crippen LogP contribution in [0.2, 0.25) is 0 Å². The molecule has 0 N–H and O–H groups in total. The fraction of sp³-hybridized carbons (Fsp3) is 0.697. The second kappa shape index (κ2) is 11.8. The Hall–Kier alpha value is -2.30. The molecular weight excluding hydrogens is 476 g/mol. The third-order valence-electron chi connectivity index (χ3n) is 10.00. The lowest BCUT2D eigenvalue weighted by molar-refractivity contribution is -0.172. The van der Waals surface area contributed by atoms with Gasteiger partial charge in [-0.2, -0.15) is 0 Å². The molecule has 5 nitrogen and oxygen atoms in total. The van der Waals surface area contributed by atoms with Crippen molar-refractivity contribution in [1.29, 1.82) is 0 Å². The van der Waals surface area contributed by atoms with Crippen LogP contribution in [0.3, 0.4) is 0 Å². The van der Waals surface area contributed by atoms with Gasteiger partial charge >= 0.3 is 12.1 Å². The molecule has 4 aliphatic rings. The highest BCUT2D eigenvalue weighted by atomic mass is 16.7. The van der Waals surface area contributed by atoms with E-state index < -0.39 is 11.6 Å². The van der Waals surface area contributed by atoms with Crippen molar-refractivity contribution in [3.8, 4) is 0 Å². The van der Waals surface area contributed by atoms with Crippen molar-refractivity contribution in [2.45, 2.75) is 98.5 Å². The molecule has 0 aromatic carbocycles. The first kappa shape index (κ1) is 28.7. The molecular formula is C33H48O5. The number of carbonyl (C=O) groups is 2. The molecule has 0 amide bonds. The van der Waals surface area contributed by atoms with Crippen LogP contribution < -0.4 is 0 Å². The normalized spacial score (nSPS) is 33.2. The van der Waals surface area contributed by atoms with Gasteiger partial charge in [-0.1, -0.05) is 76.1 Å². The van der Waals surface area contributed by atoms with Crippen LogP contribution >= 0.6 is 0 Å². The number of fused-ring (bicyclic) bond motifs is 1. The van der Waals surface area contributed by atoms with Gasteiger partial charge in [-0.3, -0.25) is 4.79 Å². The Labute approximate surface area is 229 Å². The number of ether oxygens (including phenoxy) is 3. The van der Waals surface area contributed by atoms with Crippen molar-refractivity contribution in [1.82, 2.24) is 0 Å². The number of hydrogen-bond donors (Lipinski definition) is 0. The minimum atomic E-state index is -0.958. The summed E-state index contributed by atoms with van der Waals surface area (Å²) in [6.45, 7) is 15.4. The van der Waals surface area contributed by atoms with E-state index in [4.69, 9.17) is 14.2 Å². The minimum absolute atomic E-state index is 0.00792. The van der Waals surface area contributed by atoms with E-state index in [2.05, 4.69) is 58.6 Å². The van der Waals surface area contributed by atoms with Gasteiger partial charge in [0.15, 0.2) is 0 Å². The van der Waals surface area contributed by atoms with Crippen LogP contribution in [0.4, 0.5) is 4.79 Å². The third-order valence-corrected chi connectivity index (χ3v) is 10.00. The molecule has 2 unspecified atom stereocenters. The molecule has 5 atom stereocenters. The number of carbonyl (C=O) groups excluding carboxylic acids is 2. The third kappa shape index (κ3) is 6.13. The Morgan fingerprint density at radius 1 is 1.03 bits per heavy atom. The van der Waals surface area contributed by atoms with Gasteiger partial charge < -0.3 is 14.2 Å². The lowest BCUT2D eigenvalue weighted by Gasteiger charge is -2.45. The monoisotopic (exact) mass is 524 g/mol. The number of hydrogen-bond acceptors (Lipinski definition) is 5. The molecule has 210 valence electrons. The van der Waals surface area contributed by atoms with Gasteiger partial charge in [0.2, 0.25) is 0 Å². The molecule has 3 saturated carbocycles. The molecule has 3 aliphatic carbocycles. The Morgan fingerprint density at radius 2 is 1.74 bits per heavy atom. The fourth-order valence-corrected chi connectivity index (χ4v) is 6.89. The van der Waals surface area contributed by atoms with Gasteiger partial charge in [0, 0.05) is 6.42 Å². The summed E-state index contributed by atoms with van der Waals surface area (Å²) in [7, 11) is 0. The molecule has 1 heterocycles. The van der Waals surface area contributed by atoms with Crippen molar-refractivity contribution in [3.05, 3.63) is 47.6 Å². The van der Waals surface area contributed by atoms with Crippen LogP contribution in [0.1, 0.15) is 92.4 Å². The van der Waals surface area contributed by atoms with E-state index in [0.717, 1.165) is 18.4 Å². The van der Waals surface area contributed by atoms with Crippen molar-refractivity contribution < 1.29 is 23.8 Å². The summed E-state index contributed by atoms with van der Waals surface area (Å²) in [6, 6.07) is 0. The lowest BCUT2D eigenvalue weighted by Crippen LogP contribution is -2.45. The van der Waals surface area contributed by atoms with Crippen LogP contribution in [0, 0.1) is 34.5 Å². The van der Waals surface area contributed by atoms with Crippen molar-refractivity contribution in [2.75, 3.05) is 13.2 Å². The maximum Gasteiger partial charge on any atom is 0.508 e. The van der Waals surface area contributed by atoms with Crippen LogP contribution in [0.25, 0.3) is 0 Å². The van der Waals surface area contributed by atoms with Crippen LogP contribution in [0.5, 0.6) is 0 Å². The highest BCUT2D eigenvalue weighted by molar-refractivity contribution is 5.78. The Balaban J connectivity index is 1.45. The summed E-state index contributed by atoms with van der Waals surface area (Å²) < 4.78 is 15.8. The molecule has 5 heteroatoms. The van der Waals surface area contributed by atoms with Crippen molar-refractivity contribution >= 4 is 12.1 Å². The summed E-state index contributed by atoms with van der Waals surface area (Å²) in [5.41, 5.74) is 3.35. The predicted octanol–water partition coefficient (Wildman–Crippen LogP) is 8.12. The molecule has 4 fully saturated rings. The van der Waals surface area contributed by atoms with Crippen molar-refractivity contribution in [3.63, 3.8) is 0 Å². The molecule has 0 aromatic heterocycles. The summed E-state index contributed by atoms with van der Waals surface area (Å²) in [4.78, 5) is 24.1.